The molecule has 1 nitrogen and oxygen atoms in total. The largest absolute Gasteiger partial charge is 0.277 e. The summed E-state index contributed by atoms with van der Waals surface area (Å²) >= 11 is 0. The Balaban J connectivity index is 0.000000251. The Morgan fingerprint density at radius 1 is 0.703 bits per heavy atom. The average molecular weight is 521 g/mol. The lowest BCUT2D eigenvalue weighted by atomic mass is 10.2. The Bertz CT molecular complexity index is 685. The first-order chi connectivity index (χ1) is 18.4. The summed E-state index contributed by atoms with van der Waals surface area (Å²) in [5, 5.41) is 0. The van der Waals surface area contributed by atoms with E-state index in [1.807, 2.05) is 0 Å². The summed E-state index contributed by atoms with van der Waals surface area (Å²) in [6.07, 6.45) is 22.3. The van der Waals surface area contributed by atoms with Gasteiger partial charge in [0.15, 0.2) is 0 Å². The van der Waals surface area contributed by atoms with Gasteiger partial charge in [0.1, 0.15) is 5.92 Å². The van der Waals surface area contributed by atoms with Gasteiger partial charge in [0.2, 0.25) is 0 Å². The Morgan fingerprint density at radius 2 is 1.08 bits per heavy atom. The van der Waals surface area contributed by atoms with Crippen molar-refractivity contribution in [1.82, 2.24) is 0 Å². The zero-order valence-electron chi connectivity index (χ0n) is 27.7. The molecular formula is C36H70N+. The van der Waals surface area contributed by atoms with Gasteiger partial charge in [0.25, 0.3) is 12.6 Å². The predicted molar refractivity (Wildman–Crippen MR) is 169 cm³/mol. The minimum atomic E-state index is -0.333. The first-order valence-corrected chi connectivity index (χ1v) is 16.6. The van der Waals surface area contributed by atoms with E-state index in [1.54, 1.807) is 6.42 Å². The van der Waals surface area contributed by atoms with Gasteiger partial charge in [-0.1, -0.05) is 158 Å². The van der Waals surface area contributed by atoms with E-state index in [9.17, 15) is 0 Å². The molecule has 0 N–H and O–H groups in total. The number of hydrogen-bond acceptors (Lipinski definition) is 0. The Hall–Kier alpha value is -0.510. The molecule has 6 aliphatic rings. The second-order valence-corrected chi connectivity index (χ2v) is 12.8. The smallest absolute Gasteiger partial charge is 0.0834 e. The van der Waals surface area contributed by atoms with Crippen LogP contribution in [0, 0.1) is 52.4 Å². The van der Waals surface area contributed by atoms with Crippen molar-refractivity contribution in [3.05, 3.63) is 4.85 Å². The molecule has 0 aromatic carbocycles. The van der Waals surface area contributed by atoms with Crippen LogP contribution in [0.3, 0.4) is 0 Å². The molecular weight excluding hydrogens is 446 g/mol. The van der Waals surface area contributed by atoms with Gasteiger partial charge in [-0.25, -0.2) is 0 Å². The van der Waals surface area contributed by atoms with E-state index >= 15 is 0 Å². The highest BCUT2D eigenvalue weighted by atomic mass is 15.0. The van der Waals surface area contributed by atoms with Crippen molar-refractivity contribution in [2.75, 3.05) is 6.54 Å². The number of fused-ring (bicyclic) bond motifs is 2. The molecule has 37 heavy (non-hydrogen) atoms. The van der Waals surface area contributed by atoms with E-state index in [4.69, 9.17) is 2.74 Å². The van der Waals surface area contributed by atoms with Gasteiger partial charge >= 0.3 is 0 Å². The van der Waals surface area contributed by atoms with Crippen LogP contribution in [0.15, 0.2) is 0 Å². The Labute approximate surface area is 238 Å². The fraction of sp³-hybridized carbons (Fsp3) is 0.972. The number of unbranched alkanes of at least 4 members (excludes halogenated alkanes) is 11. The van der Waals surface area contributed by atoms with Crippen LogP contribution in [-0.4, -0.2) is 6.54 Å². The van der Waals surface area contributed by atoms with Crippen molar-refractivity contribution in [3.63, 3.8) is 0 Å². The summed E-state index contributed by atoms with van der Waals surface area (Å²) in [5.41, 5.74) is 1.77. The molecule has 9 unspecified atom stereocenters. The zero-order chi connectivity index (χ0) is 28.2. The van der Waals surface area contributed by atoms with E-state index in [0.717, 1.165) is 22.7 Å². The van der Waals surface area contributed by atoms with Crippen LogP contribution < -0.4 is 0 Å². The Kier molecular flexibility index (Phi) is 14.5. The van der Waals surface area contributed by atoms with Gasteiger partial charge in [-0.15, -0.1) is 0 Å². The predicted octanol–water partition coefficient (Wildman–Crippen LogP) is 12.4. The van der Waals surface area contributed by atoms with Gasteiger partial charge < -0.3 is 0 Å². The molecule has 0 radical (unpaired) electrons. The molecule has 0 bridgehead atoms. The maximum absolute atomic E-state index is 7.28. The summed E-state index contributed by atoms with van der Waals surface area (Å²) in [4.78, 5) is 4.10. The molecule has 6 fully saturated rings. The molecule has 6 rings (SSSR count). The second kappa shape index (κ2) is 17.2. The first kappa shape index (κ1) is 31.0. The molecule has 9 atom stereocenters. The van der Waals surface area contributed by atoms with E-state index in [-0.39, 0.29) is 20.7 Å². The summed E-state index contributed by atoms with van der Waals surface area (Å²) in [5.74, 6) is 6.39. The second-order valence-electron chi connectivity index (χ2n) is 12.8. The molecule has 2 spiro atoms. The van der Waals surface area contributed by atoms with Crippen LogP contribution in [0.2, 0.25) is 0 Å². The lowest BCUT2D eigenvalue weighted by molar-refractivity contribution is 0.656. The third-order valence-corrected chi connectivity index (χ3v) is 10.0. The van der Waals surface area contributed by atoms with E-state index < -0.39 is 0 Å². The van der Waals surface area contributed by atoms with Crippen molar-refractivity contribution in [2.45, 2.75) is 172 Å². The first-order valence-electron chi connectivity index (χ1n) is 17.8. The number of rotatable bonds is 12. The third kappa shape index (κ3) is 9.28. The lowest BCUT2D eigenvalue weighted by Gasteiger charge is -1.90. The van der Waals surface area contributed by atoms with Crippen molar-refractivity contribution in [3.8, 4) is 6.07 Å². The van der Waals surface area contributed by atoms with Crippen LogP contribution in [0.5, 0.6) is 0 Å². The van der Waals surface area contributed by atoms with Crippen LogP contribution in [0.1, 0.15) is 175 Å². The monoisotopic (exact) mass is 521 g/mol. The molecule has 0 heterocycles. The standard InChI is InChI=1S/C9H12N.2C7H16.C6H8.C6H14.CH4/c1-2-3-10-5-7-8-6-4-9(6,7)8;2*1-3-5-7-6-4-2;1-3-5-4-2-6(3,4)5;1-3-5-6-4-2;/h6-8H,2-4H2,1H3;2*3-7H2,1-2H3;3-5H,2H2,1H3;3-6H2,1-2H3;1H4/q+1;;;;;/i1T,2T;;;;;. The maximum atomic E-state index is 7.28. The highest BCUT2D eigenvalue weighted by molar-refractivity contribution is 5.49. The highest BCUT2D eigenvalue weighted by Crippen LogP contribution is 3.01. The SMILES string of the molecule is C.CC1C2C3CC132.CCCCCC.CCCCCCC.CCCCCCC.[3H]CC([3H])C[N+]#CC1C2C3CC132. The number of nitrogens with zero attached hydrogens (tertiary/aromatic N) is 1. The Morgan fingerprint density at radius 3 is 1.32 bits per heavy atom. The normalized spacial score (nSPS) is 36.8. The zero-order valence-corrected chi connectivity index (χ0v) is 25.7. The van der Waals surface area contributed by atoms with Crippen molar-refractivity contribution in [1.29, 1.82) is 0 Å². The third-order valence-electron chi connectivity index (χ3n) is 10.0. The molecule has 0 saturated heterocycles. The van der Waals surface area contributed by atoms with Crippen LogP contribution in [-0.2, 0) is 0 Å². The summed E-state index contributed by atoms with van der Waals surface area (Å²) in [7, 11) is 0. The van der Waals surface area contributed by atoms with Crippen LogP contribution in [0.25, 0.3) is 4.85 Å². The van der Waals surface area contributed by atoms with E-state index in [1.165, 1.54) is 114 Å². The molecule has 0 aliphatic heterocycles. The van der Waals surface area contributed by atoms with Crippen molar-refractivity contribution < 1.29 is 2.74 Å². The van der Waals surface area contributed by atoms with Gasteiger partial charge in [-0.3, -0.25) is 0 Å². The quantitative estimate of drug-likeness (QED) is 0.225. The van der Waals surface area contributed by atoms with Gasteiger partial charge in [-0.2, -0.15) is 0 Å². The minimum absolute atomic E-state index is 0. The number of hydrogen-bond donors (Lipinski definition) is 0. The van der Waals surface area contributed by atoms with Gasteiger partial charge in [0, 0.05) is 9.14 Å². The van der Waals surface area contributed by atoms with Gasteiger partial charge in [0.05, 0.1) is 0 Å². The minimum Gasteiger partial charge on any atom is -0.0834 e. The molecule has 0 aromatic rings. The maximum Gasteiger partial charge on any atom is 0.277 e. The van der Waals surface area contributed by atoms with E-state index in [2.05, 4.69) is 59.4 Å². The van der Waals surface area contributed by atoms with Crippen LogP contribution in [0.4, 0.5) is 0 Å². The van der Waals surface area contributed by atoms with Crippen molar-refractivity contribution in [2.24, 2.45) is 46.3 Å². The van der Waals surface area contributed by atoms with E-state index in [0.29, 0.717) is 12.5 Å². The lowest BCUT2D eigenvalue weighted by Crippen LogP contribution is -1.82. The summed E-state index contributed by atoms with van der Waals surface area (Å²) in [6, 6.07) is 3.13. The summed E-state index contributed by atoms with van der Waals surface area (Å²) in [6.45, 7) is 16.5. The molecule has 6 saturated carbocycles. The molecule has 0 amide bonds. The van der Waals surface area contributed by atoms with Crippen molar-refractivity contribution >= 4 is 0 Å². The van der Waals surface area contributed by atoms with Gasteiger partial charge in [-0.05, 0) is 53.3 Å². The average Bonchev–Trinajstić information content (AvgIpc) is 3.68. The molecule has 1 heteroatoms. The molecule has 218 valence electrons. The fourth-order valence-corrected chi connectivity index (χ4v) is 6.67. The topological polar surface area (TPSA) is 4.36 Å². The van der Waals surface area contributed by atoms with Crippen LogP contribution >= 0.6 is 0 Å². The molecule has 6 aliphatic carbocycles. The fourth-order valence-electron chi connectivity index (χ4n) is 6.67. The highest BCUT2D eigenvalue weighted by Gasteiger charge is 2.99. The summed E-state index contributed by atoms with van der Waals surface area (Å²) < 4.78 is 14.2. The molecule has 0 aromatic heterocycles.